The molecule has 1 N–H and O–H groups in total. The first-order chi connectivity index (χ1) is 11.2. The normalized spacial score (nSPS) is 20.7. The van der Waals surface area contributed by atoms with Gasteiger partial charge in [-0.25, -0.2) is 0 Å². The number of amides is 1. The van der Waals surface area contributed by atoms with Gasteiger partial charge in [-0.2, -0.15) is 0 Å². The molecule has 23 heavy (non-hydrogen) atoms. The topological polar surface area (TPSA) is 53.0 Å². The van der Waals surface area contributed by atoms with E-state index in [-0.39, 0.29) is 5.91 Å². The van der Waals surface area contributed by atoms with Crippen LogP contribution < -0.4 is 0 Å². The molecule has 0 bridgehead atoms. The van der Waals surface area contributed by atoms with Crippen molar-refractivity contribution in [1.82, 2.24) is 9.80 Å². The molecule has 1 aliphatic carbocycles. The van der Waals surface area contributed by atoms with Gasteiger partial charge in [0.25, 0.3) is 5.91 Å². The molecule has 5 nitrogen and oxygen atoms in total. The van der Waals surface area contributed by atoms with E-state index in [1.807, 2.05) is 17.2 Å². The van der Waals surface area contributed by atoms with Crippen LogP contribution in [-0.4, -0.2) is 72.9 Å². The Morgan fingerprint density at radius 2 is 2.13 bits per heavy atom. The molecule has 1 amide bonds. The zero-order chi connectivity index (χ0) is 16.2. The number of hydrogen-bond donors (Lipinski definition) is 1. The second-order valence-electron chi connectivity index (χ2n) is 6.39. The molecule has 0 unspecified atom stereocenters. The van der Waals surface area contributed by atoms with Gasteiger partial charge in [-0.3, -0.25) is 9.69 Å². The van der Waals surface area contributed by atoms with Gasteiger partial charge in [-0.05, 0) is 42.7 Å². The van der Waals surface area contributed by atoms with Crippen molar-refractivity contribution < 1.29 is 14.6 Å². The Balaban J connectivity index is 1.48. The van der Waals surface area contributed by atoms with Crippen molar-refractivity contribution in [3.05, 3.63) is 21.9 Å². The number of carbonyl (C=O) groups is 1. The first-order valence-electron chi connectivity index (χ1n) is 8.54. The fourth-order valence-electron chi connectivity index (χ4n) is 3.09. The quantitative estimate of drug-likeness (QED) is 0.823. The van der Waals surface area contributed by atoms with Gasteiger partial charge in [0, 0.05) is 39.3 Å². The van der Waals surface area contributed by atoms with Gasteiger partial charge < -0.3 is 14.7 Å². The van der Waals surface area contributed by atoms with Crippen LogP contribution in [0.3, 0.4) is 0 Å². The van der Waals surface area contributed by atoms with E-state index in [1.165, 1.54) is 18.4 Å². The lowest BCUT2D eigenvalue weighted by Gasteiger charge is -2.35. The molecule has 1 saturated heterocycles. The molecule has 2 aliphatic rings. The minimum atomic E-state index is -0.448. The van der Waals surface area contributed by atoms with Crippen LogP contribution in [0.4, 0.5) is 0 Å². The Kier molecular flexibility index (Phi) is 5.69. The Morgan fingerprint density at radius 3 is 2.78 bits per heavy atom. The number of aliphatic hydroxyl groups excluding tert-OH is 1. The van der Waals surface area contributed by atoms with Gasteiger partial charge in [-0.15, -0.1) is 11.3 Å². The number of carbonyl (C=O) groups excluding carboxylic acids is 1. The van der Waals surface area contributed by atoms with E-state index in [0.717, 1.165) is 31.1 Å². The maximum Gasteiger partial charge on any atom is 0.264 e. The van der Waals surface area contributed by atoms with E-state index in [1.54, 1.807) is 11.3 Å². The molecular weight excluding hydrogens is 312 g/mol. The number of thiophene rings is 1. The van der Waals surface area contributed by atoms with E-state index < -0.39 is 6.10 Å². The summed E-state index contributed by atoms with van der Waals surface area (Å²) in [5.74, 6) is 0.812. The Labute approximate surface area is 141 Å². The molecule has 6 heteroatoms. The standard InChI is InChI=1S/C17H26N2O3S/c1-2-22-12-14(20)11-18-6-8-19(9-7-18)17(21)16-15(5-10-23-16)13-3-4-13/h5,10,13-14,20H,2-4,6-9,11-12H2,1H3/t14-/m0/s1. The maximum absolute atomic E-state index is 12.7. The zero-order valence-electron chi connectivity index (χ0n) is 13.7. The van der Waals surface area contributed by atoms with Crippen LogP contribution in [0.15, 0.2) is 11.4 Å². The Bertz CT molecular complexity index is 522. The van der Waals surface area contributed by atoms with Crippen LogP contribution >= 0.6 is 11.3 Å². The van der Waals surface area contributed by atoms with Gasteiger partial charge in [-0.1, -0.05) is 0 Å². The molecule has 1 atom stereocenters. The molecular formula is C17H26N2O3S. The van der Waals surface area contributed by atoms with Crippen LogP contribution in [0.5, 0.6) is 0 Å². The van der Waals surface area contributed by atoms with Crippen molar-refractivity contribution in [3.63, 3.8) is 0 Å². The predicted molar refractivity (Wildman–Crippen MR) is 91.1 cm³/mol. The fourth-order valence-corrected chi connectivity index (χ4v) is 4.04. The summed E-state index contributed by atoms with van der Waals surface area (Å²) in [6.07, 6.45) is 2.00. The predicted octanol–water partition coefficient (Wildman–Crippen LogP) is 1.78. The summed E-state index contributed by atoms with van der Waals surface area (Å²) in [6, 6.07) is 2.12. The summed E-state index contributed by atoms with van der Waals surface area (Å²) < 4.78 is 5.25. The molecule has 1 aliphatic heterocycles. The first kappa shape index (κ1) is 16.9. The third-order valence-electron chi connectivity index (χ3n) is 4.55. The lowest BCUT2D eigenvalue weighted by Crippen LogP contribution is -2.50. The minimum absolute atomic E-state index is 0.191. The Morgan fingerprint density at radius 1 is 1.39 bits per heavy atom. The van der Waals surface area contributed by atoms with Crippen LogP contribution in [0.2, 0.25) is 0 Å². The van der Waals surface area contributed by atoms with E-state index in [0.29, 0.717) is 25.7 Å². The molecule has 0 radical (unpaired) electrons. The highest BCUT2D eigenvalue weighted by Crippen LogP contribution is 2.43. The fraction of sp³-hybridized carbons (Fsp3) is 0.706. The lowest BCUT2D eigenvalue weighted by atomic mass is 10.1. The molecule has 0 spiro atoms. The summed E-state index contributed by atoms with van der Waals surface area (Å²) >= 11 is 1.58. The monoisotopic (exact) mass is 338 g/mol. The molecule has 128 valence electrons. The largest absolute Gasteiger partial charge is 0.389 e. The summed E-state index contributed by atoms with van der Waals surface area (Å²) in [5.41, 5.74) is 1.26. The molecule has 1 saturated carbocycles. The third kappa shape index (κ3) is 4.32. The zero-order valence-corrected chi connectivity index (χ0v) is 14.6. The van der Waals surface area contributed by atoms with Crippen molar-refractivity contribution in [2.45, 2.75) is 31.8 Å². The number of aliphatic hydroxyl groups is 1. The highest BCUT2D eigenvalue weighted by Gasteiger charge is 2.31. The SMILES string of the molecule is CCOC[C@@H](O)CN1CCN(C(=O)c2sccc2C2CC2)CC1. The number of ether oxygens (including phenoxy) is 1. The van der Waals surface area contributed by atoms with Gasteiger partial charge >= 0.3 is 0 Å². The molecule has 1 aromatic heterocycles. The van der Waals surface area contributed by atoms with E-state index >= 15 is 0 Å². The van der Waals surface area contributed by atoms with Crippen molar-refractivity contribution in [2.24, 2.45) is 0 Å². The number of nitrogens with zero attached hydrogens (tertiary/aromatic N) is 2. The van der Waals surface area contributed by atoms with E-state index in [9.17, 15) is 9.90 Å². The smallest absolute Gasteiger partial charge is 0.264 e. The molecule has 1 aromatic rings. The molecule has 2 fully saturated rings. The van der Waals surface area contributed by atoms with Crippen LogP contribution in [0.1, 0.15) is 40.9 Å². The lowest BCUT2D eigenvalue weighted by molar-refractivity contribution is 0.0112. The van der Waals surface area contributed by atoms with Gasteiger partial charge in [0.05, 0.1) is 17.6 Å². The number of rotatable bonds is 7. The summed E-state index contributed by atoms with van der Waals surface area (Å²) in [5, 5.41) is 12.0. The molecule has 2 heterocycles. The molecule has 0 aromatic carbocycles. The van der Waals surface area contributed by atoms with Gasteiger partial charge in [0.1, 0.15) is 0 Å². The summed E-state index contributed by atoms with van der Waals surface area (Å²) in [4.78, 5) is 17.8. The number of hydrogen-bond acceptors (Lipinski definition) is 5. The van der Waals surface area contributed by atoms with Crippen LogP contribution in [0.25, 0.3) is 0 Å². The van der Waals surface area contributed by atoms with E-state index in [2.05, 4.69) is 11.0 Å². The van der Waals surface area contributed by atoms with Crippen molar-refractivity contribution in [3.8, 4) is 0 Å². The average molecular weight is 338 g/mol. The summed E-state index contributed by atoms with van der Waals surface area (Å²) in [7, 11) is 0. The number of piperazine rings is 1. The average Bonchev–Trinajstić information content (AvgIpc) is 3.30. The van der Waals surface area contributed by atoms with Crippen molar-refractivity contribution in [1.29, 1.82) is 0 Å². The highest BCUT2D eigenvalue weighted by atomic mass is 32.1. The summed E-state index contributed by atoms with van der Waals surface area (Å²) in [6.45, 7) is 6.67. The van der Waals surface area contributed by atoms with E-state index in [4.69, 9.17) is 4.74 Å². The highest BCUT2D eigenvalue weighted by molar-refractivity contribution is 7.12. The Hall–Kier alpha value is -0.950. The molecule has 3 rings (SSSR count). The second-order valence-corrected chi connectivity index (χ2v) is 7.30. The van der Waals surface area contributed by atoms with Crippen LogP contribution in [-0.2, 0) is 4.74 Å². The minimum Gasteiger partial charge on any atom is -0.389 e. The van der Waals surface area contributed by atoms with Crippen LogP contribution in [0, 0.1) is 0 Å². The van der Waals surface area contributed by atoms with Gasteiger partial charge in [0.15, 0.2) is 0 Å². The second kappa shape index (κ2) is 7.75. The maximum atomic E-state index is 12.7. The third-order valence-corrected chi connectivity index (χ3v) is 5.47. The number of β-amino-alcohol motifs (C(OH)–C–C–N with tert-alkyl or cyclic N) is 1. The first-order valence-corrected chi connectivity index (χ1v) is 9.41. The van der Waals surface area contributed by atoms with Gasteiger partial charge in [0.2, 0.25) is 0 Å². The van der Waals surface area contributed by atoms with Crippen molar-refractivity contribution in [2.75, 3.05) is 45.9 Å². The van der Waals surface area contributed by atoms with Crippen molar-refractivity contribution >= 4 is 17.2 Å².